The fourth-order valence-corrected chi connectivity index (χ4v) is 1.71. The Morgan fingerprint density at radius 3 is 2.53 bits per heavy atom. The third kappa shape index (κ3) is 5.66. The van der Waals surface area contributed by atoms with Crippen LogP contribution in [0, 0.1) is 0 Å². The molecule has 0 unspecified atom stereocenters. The Kier molecular flexibility index (Phi) is 6.23. The summed E-state index contributed by atoms with van der Waals surface area (Å²) >= 11 is 0. The lowest BCUT2D eigenvalue weighted by Crippen LogP contribution is -2.48. The lowest BCUT2D eigenvalue weighted by Gasteiger charge is -2.30. The number of amides is 3. The monoisotopic (exact) mass is 274 g/mol. The summed E-state index contributed by atoms with van der Waals surface area (Å²) in [5.74, 6) is -1.83. The van der Waals surface area contributed by atoms with Gasteiger partial charge in [-0.25, -0.2) is 9.59 Å². The van der Waals surface area contributed by atoms with Crippen LogP contribution in [0.15, 0.2) is 0 Å². The van der Waals surface area contributed by atoms with Gasteiger partial charge < -0.3 is 19.5 Å². The third-order valence-corrected chi connectivity index (χ3v) is 2.76. The van der Waals surface area contributed by atoms with E-state index in [9.17, 15) is 14.4 Å². The van der Waals surface area contributed by atoms with Crippen molar-refractivity contribution in [1.82, 2.24) is 10.2 Å². The predicted octanol–water partition coefficient (Wildman–Crippen LogP) is -0.565. The molecule has 1 aliphatic rings. The molecular formula is C11H18N2O6. The maximum atomic E-state index is 11.7. The molecule has 3 amide bonds. The highest BCUT2D eigenvalue weighted by Gasteiger charge is 2.23. The number of hydrogen-bond acceptors (Lipinski definition) is 5. The van der Waals surface area contributed by atoms with Crippen molar-refractivity contribution >= 4 is 17.9 Å². The first-order valence-electron chi connectivity index (χ1n) is 5.94. The predicted molar refractivity (Wildman–Crippen MR) is 63.6 cm³/mol. The Bertz CT molecular complexity index is 340. The Balaban J connectivity index is 2.28. The summed E-state index contributed by atoms with van der Waals surface area (Å²) in [5, 5.41) is 10.5. The van der Waals surface area contributed by atoms with E-state index in [0.717, 1.165) is 12.8 Å². The average Bonchev–Trinajstić information content (AvgIpc) is 2.38. The molecule has 1 heterocycles. The van der Waals surface area contributed by atoms with Crippen molar-refractivity contribution in [3.8, 4) is 0 Å². The molecule has 19 heavy (non-hydrogen) atoms. The second-order valence-corrected chi connectivity index (χ2v) is 4.19. The van der Waals surface area contributed by atoms with E-state index in [1.807, 2.05) is 0 Å². The van der Waals surface area contributed by atoms with Crippen LogP contribution in [0.1, 0.15) is 12.8 Å². The molecular weight excluding hydrogens is 256 g/mol. The molecule has 8 heteroatoms. The normalized spacial score (nSPS) is 15.8. The van der Waals surface area contributed by atoms with Gasteiger partial charge >= 0.3 is 12.0 Å². The van der Waals surface area contributed by atoms with E-state index in [4.69, 9.17) is 9.84 Å². The van der Waals surface area contributed by atoms with Gasteiger partial charge in [0.15, 0.2) is 0 Å². The molecule has 1 saturated heterocycles. The van der Waals surface area contributed by atoms with Crippen molar-refractivity contribution in [3.63, 3.8) is 0 Å². The zero-order valence-corrected chi connectivity index (χ0v) is 10.8. The Hall–Kier alpha value is -1.67. The first kappa shape index (κ1) is 15.4. The Labute approximate surface area is 110 Å². The summed E-state index contributed by atoms with van der Waals surface area (Å²) in [7, 11) is 1.61. The van der Waals surface area contributed by atoms with Gasteiger partial charge in [0.05, 0.1) is 0 Å². The Morgan fingerprint density at radius 2 is 1.95 bits per heavy atom. The maximum Gasteiger partial charge on any atom is 0.329 e. The zero-order chi connectivity index (χ0) is 14.3. The van der Waals surface area contributed by atoms with E-state index < -0.39 is 31.1 Å². The molecule has 0 aromatic rings. The van der Waals surface area contributed by atoms with Crippen LogP contribution in [0.2, 0.25) is 0 Å². The summed E-state index contributed by atoms with van der Waals surface area (Å²) in [6.45, 7) is 0.160. The standard InChI is InChI=1S/C11H18N2O6/c1-13(8-2-4-18-5-3-8)11(17)12-9(14)6-19-7-10(15)16/h8H,2-7H2,1H3,(H,15,16)(H,12,14,17). The number of nitrogens with one attached hydrogen (secondary N) is 1. The van der Waals surface area contributed by atoms with E-state index in [-0.39, 0.29) is 6.04 Å². The summed E-state index contributed by atoms with van der Waals surface area (Å²) in [6.07, 6.45) is 1.46. The van der Waals surface area contributed by atoms with Crippen molar-refractivity contribution in [2.24, 2.45) is 0 Å². The number of carboxylic acids is 1. The number of imide groups is 1. The van der Waals surface area contributed by atoms with E-state index in [1.165, 1.54) is 4.90 Å². The van der Waals surface area contributed by atoms with Crippen LogP contribution in [0.25, 0.3) is 0 Å². The van der Waals surface area contributed by atoms with Crippen LogP contribution < -0.4 is 5.32 Å². The molecule has 0 aliphatic carbocycles. The van der Waals surface area contributed by atoms with Gasteiger partial charge in [0.1, 0.15) is 13.2 Å². The molecule has 0 saturated carbocycles. The van der Waals surface area contributed by atoms with E-state index in [1.54, 1.807) is 7.05 Å². The van der Waals surface area contributed by atoms with E-state index >= 15 is 0 Å². The van der Waals surface area contributed by atoms with Gasteiger partial charge in [0, 0.05) is 26.3 Å². The Morgan fingerprint density at radius 1 is 1.32 bits per heavy atom. The minimum absolute atomic E-state index is 0.0430. The topological polar surface area (TPSA) is 105 Å². The molecule has 108 valence electrons. The minimum Gasteiger partial charge on any atom is -0.480 e. The molecule has 0 bridgehead atoms. The minimum atomic E-state index is -1.17. The summed E-state index contributed by atoms with van der Waals surface area (Å²) in [5.41, 5.74) is 0. The van der Waals surface area contributed by atoms with Crippen LogP contribution in [-0.4, -0.2) is 67.4 Å². The highest BCUT2D eigenvalue weighted by atomic mass is 16.5. The maximum absolute atomic E-state index is 11.7. The lowest BCUT2D eigenvalue weighted by molar-refractivity contribution is -0.143. The number of aliphatic carboxylic acids is 1. The van der Waals surface area contributed by atoms with Crippen molar-refractivity contribution in [3.05, 3.63) is 0 Å². The SMILES string of the molecule is CN(C(=O)NC(=O)COCC(=O)O)C1CCOCC1. The molecule has 0 aromatic carbocycles. The molecule has 2 N–H and O–H groups in total. The number of urea groups is 1. The smallest absolute Gasteiger partial charge is 0.329 e. The third-order valence-electron chi connectivity index (χ3n) is 2.76. The first-order valence-corrected chi connectivity index (χ1v) is 5.94. The number of rotatable bonds is 5. The molecule has 0 atom stereocenters. The number of ether oxygens (including phenoxy) is 2. The van der Waals surface area contributed by atoms with Crippen LogP contribution >= 0.6 is 0 Å². The number of nitrogens with zero attached hydrogens (tertiary/aromatic N) is 1. The molecule has 1 aliphatic heterocycles. The van der Waals surface area contributed by atoms with Gasteiger partial charge in [-0.2, -0.15) is 0 Å². The van der Waals surface area contributed by atoms with E-state index in [2.05, 4.69) is 10.1 Å². The van der Waals surface area contributed by atoms with Crippen LogP contribution in [0.4, 0.5) is 4.79 Å². The van der Waals surface area contributed by atoms with Gasteiger partial charge in [-0.3, -0.25) is 10.1 Å². The number of hydrogen-bond donors (Lipinski definition) is 2. The number of carboxylic acid groups (broad SMARTS) is 1. The van der Waals surface area contributed by atoms with Crippen molar-refractivity contribution in [2.45, 2.75) is 18.9 Å². The quantitative estimate of drug-likeness (QED) is 0.696. The van der Waals surface area contributed by atoms with Gasteiger partial charge in [-0.15, -0.1) is 0 Å². The molecule has 0 radical (unpaired) electrons. The lowest BCUT2D eigenvalue weighted by atomic mass is 10.1. The van der Waals surface area contributed by atoms with E-state index in [0.29, 0.717) is 13.2 Å². The number of carbonyl (C=O) groups excluding carboxylic acids is 2. The second kappa shape index (κ2) is 7.70. The average molecular weight is 274 g/mol. The van der Waals surface area contributed by atoms with Crippen LogP contribution in [0.3, 0.4) is 0 Å². The highest BCUT2D eigenvalue weighted by Crippen LogP contribution is 2.12. The van der Waals surface area contributed by atoms with Gasteiger partial charge in [0.2, 0.25) is 0 Å². The largest absolute Gasteiger partial charge is 0.480 e. The fraction of sp³-hybridized carbons (Fsp3) is 0.727. The first-order chi connectivity index (χ1) is 9.00. The second-order valence-electron chi connectivity index (χ2n) is 4.19. The molecule has 0 spiro atoms. The van der Waals surface area contributed by atoms with Gasteiger partial charge in [-0.1, -0.05) is 0 Å². The van der Waals surface area contributed by atoms with Crippen molar-refractivity contribution in [2.75, 3.05) is 33.5 Å². The summed E-state index contributed by atoms with van der Waals surface area (Å²) in [4.78, 5) is 34.7. The fourth-order valence-electron chi connectivity index (χ4n) is 1.71. The summed E-state index contributed by atoms with van der Waals surface area (Å²) < 4.78 is 9.77. The molecule has 0 aromatic heterocycles. The molecule has 1 fully saturated rings. The van der Waals surface area contributed by atoms with Crippen molar-refractivity contribution < 1.29 is 29.0 Å². The van der Waals surface area contributed by atoms with Crippen LogP contribution in [-0.2, 0) is 19.1 Å². The highest BCUT2D eigenvalue weighted by molar-refractivity contribution is 5.95. The number of carbonyl (C=O) groups is 3. The van der Waals surface area contributed by atoms with Gasteiger partial charge in [-0.05, 0) is 12.8 Å². The molecule has 8 nitrogen and oxygen atoms in total. The summed E-state index contributed by atoms with van der Waals surface area (Å²) in [6, 6.07) is -0.475. The zero-order valence-electron chi connectivity index (χ0n) is 10.8. The molecule has 1 rings (SSSR count). The van der Waals surface area contributed by atoms with Crippen LogP contribution in [0.5, 0.6) is 0 Å². The van der Waals surface area contributed by atoms with Gasteiger partial charge in [0.25, 0.3) is 5.91 Å². The van der Waals surface area contributed by atoms with Crippen molar-refractivity contribution in [1.29, 1.82) is 0 Å².